The van der Waals surface area contributed by atoms with Gasteiger partial charge in [-0.3, -0.25) is 19.9 Å². The summed E-state index contributed by atoms with van der Waals surface area (Å²) >= 11 is 0. The number of aryl methyl sites for hydroxylation is 1. The van der Waals surface area contributed by atoms with E-state index in [1.54, 1.807) is 12.1 Å². The minimum Gasteiger partial charge on any atom is -0.384 e. The summed E-state index contributed by atoms with van der Waals surface area (Å²) in [6.07, 6.45) is 1.49. The number of piperidine rings is 1. The first kappa shape index (κ1) is 28.4. The Balaban J connectivity index is 0.00000272. The highest BCUT2D eigenvalue weighted by atomic mass is 35.5. The number of hydrogen-bond donors (Lipinski definition) is 4. The number of amidine groups is 1. The molecule has 0 saturated carbocycles. The molecule has 0 aliphatic carbocycles. The molecule has 1 saturated heterocycles. The second-order valence-corrected chi connectivity index (χ2v) is 8.29. The zero-order chi connectivity index (χ0) is 22.5. The second-order valence-electron chi connectivity index (χ2n) is 8.29. The third-order valence-electron chi connectivity index (χ3n) is 6.13. The molecule has 3 atom stereocenters. The number of nitrogens with one attached hydrogen (secondary N) is 2. The zero-order valence-electron chi connectivity index (χ0n) is 18.9. The van der Waals surface area contributed by atoms with E-state index in [1.807, 2.05) is 24.0 Å². The maximum Gasteiger partial charge on any atom is 0.237 e. The van der Waals surface area contributed by atoms with Gasteiger partial charge in [-0.2, -0.15) is 0 Å². The first-order valence-corrected chi connectivity index (χ1v) is 10.6. The number of primary amides is 1. The van der Waals surface area contributed by atoms with Gasteiger partial charge in [-0.05, 0) is 43.7 Å². The minimum atomic E-state index is -0.476. The molecular weight excluding hydrogens is 461 g/mol. The summed E-state index contributed by atoms with van der Waals surface area (Å²) in [6, 6.07) is 14.6. The van der Waals surface area contributed by atoms with Crippen molar-refractivity contribution < 1.29 is 9.59 Å². The maximum absolute atomic E-state index is 12.8. The average Bonchev–Trinajstić information content (AvgIpc) is 2.77. The largest absolute Gasteiger partial charge is 0.384 e. The molecule has 180 valence electrons. The lowest BCUT2D eigenvalue weighted by Gasteiger charge is -2.40. The number of rotatable bonds is 7. The van der Waals surface area contributed by atoms with E-state index in [0.29, 0.717) is 25.1 Å². The molecule has 1 aliphatic rings. The zero-order valence-corrected chi connectivity index (χ0v) is 20.5. The summed E-state index contributed by atoms with van der Waals surface area (Å²) < 4.78 is 0. The van der Waals surface area contributed by atoms with E-state index >= 15 is 0 Å². The molecule has 9 heteroatoms. The summed E-state index contributed by atoms with van der Waals surface area (Å²) in [4.78, 5) is 26.9. The average molecular weight is 494 g/mol. The molecule has 1 fully saturated rings. The van der Waals surface area contributed by atoms with Gasteiger partial charge in [0.15, 0.2) is 0 Å². The first-order chi connectivity index (χ1) is 14.8. The molecule has 0 radical (unpaired) electrons. The van der Waals surface area contributed by atoms with E-state index in [1.165, 1.54) is 11.1 Å². The van der Waals surface area contributed by atoms with Crippen LogP contribution in [-0.4, -0.2) is 41.2 Å². The van der Waals surface area contributed by atoms with Crippen LogP contribution in [0.2, 0.25) is 0 Å². The Kier molecular flexibility index (Phi) is 10.8. The van der Waals surface area contributed by atoms with Gasteiger partial charge in [0.25, 0.3) is 0 Å². The highest BCUT2D eigenvalue weighted by Crippen LogP contribution is 2.32. The van der Waals surface area contributed by atoms with Crippen molar-refractivity contribution >= 4 is 42.5 Å². The van der Waals surface area contributed by atoms with Crippen LogP contribution in [0.3, 0.4) is 0 Å². The number of carbonyl (C=O) groups excluding carboxylic acids is 2. The van der Waals surface area contributed by atoms with E-state index in [-0.39, 0.29) is 42.5 Å². The lowest BCUT2D eigenvalue weighted by Crippen LogP contribution is -2.56. The van der Waals surface area contributed by atoms with Crippen molar-refractivity contribution in [2.45, 2.75) is 51.2 Å². The van der Waals surface area contributed by atoms with Gasteiger partial charge in [0.05, 0.1) is 12.1 Å². The fourth-order valence-corrected chi connectivity index (χ4v) is 4.16. The smallest absolute Gasteiger partial charge is 0.237 e. The van der Waals surface area contributed by atoms with E-state index in [4.69, 9.17) is 16.9 Å². The van der Waals surface area contributed by atoms with Crippen molar-refractivity contribution in [1.29, 1.82) is 5.41 Å². The summed E-state index contributed by atoms with van der Waals surface area (Å²) in [5.74, 6) is -0.271. The van der Waals surface area contributed by atoms with E-state index < -0.39 is 18.0 Å². The van der Waals surface area contributed by atoms with Crippen LogP contribution in [0.25, 0.3) is 0 Å². The van der Waals surface area contributed by atoms with Crippen LogP contribution >= 0.6 is 24.8 Å². The minimum absolute atomic E-state index is 0. The van der Waals surface area contributed by atoms with Crippen LogP contribution in [-0.2, 0) is 16.1 Å². The molecule has 3 rings (SSSR count). The number of amides is 2. The van der Waals surface area contributed by atoms with Crippen LogP contribution in [0.15, 0.2) is 48.5 Å². The van der Waals surface area contributed by atoms with Gasteiger partial charge in [-0.25, -0.2) is 0 Å². The van der Waals surface area contributed by atoms with Crippen molar-refractivity contribution in [2.75, 3.05) is 6.54 Å². The lowest BCUT2D eigenvalue weighted by molar-refractivity contribution is -0.132. The molecule has 0 bridgehead atoms. The van der Waals surface area contributed by atoms with Crippen LogP contribution in [0.1, 0.15) is 47.9 Å². The standard InChI is InChI=1S/C24H31N5O2.2ClH/c1-15-3-7-18(8-4-15)20-11-12-29(21(13-20)23(27)30)16(2)24(31)28-14-17-5-9-19(10-6-17)22(25)26;;/h3-10,16,20-21H,11-14H2,1-2H3,(H3,25,26)(H2,27,30)(H,28,31);2*1H/t16-,20?,21?;;/m0../s1. The van der Waals surface area contributed by atoms with E-state index in [0.717, 1.165) is 12.0 Å². The fraction of sp³-hybridized carbons (Fsp3) is 0.375. The van der Waals surface area contributed by atoms with Crippen molar-refractivity contribution in [3.63, 3.8) is 0 Å². The van der Waals surface area contributed by atoms with Gasteiger partial charge in [-0.1, -0.05) is 54.1 Å². The number of nitrogens with zero attached hydrogens (tertiary/aromatic N) is 1. The molecule has 2 amide bonds. The Morgan fingerprint density at radius 3 is 2.24 bits per heavy atom. The molecule has 2 aromatic rings. The number of nitrogen functional groups attached to an aromatic ring is 1. The third-order valence-corrected chi connectivity index (χ3v) is 6.13. The number of halogens is 2. The van der Waals surface area contributed by atoms with Gasteiger partial charge in [-0.15, -0.1) is 24.8 Å². The monoisotopic (exact) mass is 493 g/mol. The summed E-state index contributed by atoms with van der Waals surface area (Å²) in [7, 11) is 0. The Labute approximate surface area is 207 Å². The van der Waals surface area contributed by atoms with Crippen LogP contribution in [0, 0.1) is 12.3 Å². The van der Waals surface area contributed by atoms with E-state index in [9.17, 15) is 9.59 Å². The van der Waals surface area contributed by atoms with Crippen molar-refractivity contribution in [3.05, 3.63) is 70.8 Å². The first-order valence-electron chi connectivity index (χ1n) is 10.6. The predicted octanol–water partition coefficient (Wildman–Crippen LogP) is 2.86. The number of carbonyl (C=O) groups is 2. The van der Waals surface area contributed by atoms with Gasteiger partial charge in [0.2, 0.25) is 11.8 Å². The Hall–Kier alpha value is -2.61. The normalized spacial score (nSPS) is 18.8. The van der Waals surface area contributed by atoms with E-state index in [2.05, 4.69) is 36.5 Å². The molecule has 2 unspecified atom stereocenters. The Morgan fingerprint density at radius 1 is 1.09 bits per heavy atom. The SMILES string of the molecule is Cc1ccc(C2CCN([C@@H](C)C(=O)NCc3ccc(C(=N)N)cc3)C(C(N)=O)C2)cc1.Cl.Cl. The van der Waals surface area contributed by atoms with Crippen LogP contribution < -0.4 is 16.8 Å². The molecule has 0 spiro atoms. The molecular formula is C24H33Cl2N5O2. The van der Waals surface area contributed by atoms with Crippen molar-refractivity contribution in [1.82, 2.24) is 10.2 Å². The Bertz CT molecular complexity index is 950. The Morgan fingerprint density at radius 2 is 1.70 bits per heavy atom. The topological polar surface area (TPSA) is 125 Å². The fourth-order valence-electron chi connectivity index (χ4n) is 4.16. The predicted molar refractivity (Wildman–Crippen MR) is 136 cm³/mol. The maximum atomic E-state index is 12.8. The number of likely N-dealkylation sites (tertiary alicyclic amines) is 1. The number of hydrogen-bond acceptors (Lipinski definition) is 4. The van der Waals surface area contributed by atoms with Gasteiger partial charge in [0, 0.05) is 18.7 Å². The highest BCUT2D eigenvalue weighted by Gasteiger charge is 2.37. The summed E-state index contributed by atoms with van der Waals surface area (Å²) in [6.45, 7) is 4.86. The second kappa shape index (κ2) is 12.6. The highest BCUT2D eigenvalue weighted by molar-refractivity contribution is 5.94. The lowest BCUT2D eigenvalue weighted by atomic mass is 9.84. The van der Waals surface area contributed by atoms with Crippen molar-refractivity contribution in [2.24, 2.45) is 11.5 Å². The molecule has 1 heterocycles. The van der Waals surface area contributed by atoms with Gasteiger partial charge in [0.1, 0.15) is 5.84 Å². The number of nitrogens with two attached hydrogens (primary N) is 2. The summed E-state index contributed by atoms with van der Waals surface area (Å²) in [5, 5.41) is 10.4. The molecule has 33 heavy (non-hydrogen) atoms. The van der Waals surface area contributed by atoms with Gasteiger partial charge >= 0.3 is 0 Å². The quantitative estimate of drug-likeness (QED) is 0.349. The van der Waals surface area contributed by atoms with Crippen LogP contribution in [0.5, 0.6) is 0 Å². The van der Waals surface area contributed by atoms with Gasteiger partial charge < -0.3 is 16.8 Å². The molecule has 6 N–H and O–H groups in total. The third kappa shape index (κ3) is 7.19. The molecule has 2 aromatic carbocycles. The summed E-state index contributed by atoms with van der Waals surface area (Å²) in [5.41, 5.74) is 15.2. The molecule has 7 nitrogen and oxygen atoms in total. The molecule has 0 aromatic heterocycles. The molecule has 1 aliphatic heterocycles. The number of benzene rings is 2. The van der Waals surface area contributed by atoms with Crippen LogP contribution in [0.4, 0.5) is 0 Å². The van der Waals surface area contributed by atoms with Crippen molar-refractivity contribution in [3.8, 4) is 0 Å².